The first-order valence-corrected chi connectivity index (χ1v) is 8.98. The summed E-state index contributed by atoms with van der Waals surface area (Å²) in [5.74, 6) is 0. The fraction of sp³-hybridized carbons (Fsp3) is 0.438. The standard InChI is InChI=1S/C16H20BrN3S/c1-12-4-2-5-13(19-12)16(14-6-7-15(17)21-14)20-10-3-8-18-9-11-20/h2,4-7,16,18H,3,8-11H2,1H3. The van der Waals surface area contributed by atoms with Crippen molar-refractivity contribution in [2.75, 3.05) is 26.2 Å². The quantitative estimate of drug-likeness (QED) is 0.900. The number of nitrogens with zero attached hydrogens (tertiary/aromatic N) is 2. The van der Waals surface area contributed by atoms with Gasteiger partial charge in [-0.15, -0.1) is 11.3 Å². The highest BCUT2D eigenvalue weighted by atomic mass is 79.9. The lowest BCUT2D eigenvalue weighted by atomic mass is 10.1. The summed E-state index contributed by atoms with van der Waals surface area (Å²) in [6, 6.07) is 11.0. The van der Waals surface area contributed by atoms with Crippen LogP contribution in [0.15, 0.2) is 34.1 Å². The smallest absolute Gasteiger partial charge is 0.0870 e. The lowest BCUT2D eigenvalue weighted by molar-refractivity contribution is 0.240. The van der Waals surface area contributed by atoms with Crippen LogP contribution in [-0.2, 0) is 0 Å². The van der Waals surface area contributed by atoms with Gasteiger partial charge in [0.1, 0.15) is 0 Å². The Kier molecular flexibility index (Phi) is 5.06. The van der Waals surface area contributed by atoms with E-state index in [2.05, 4.69) is 63.4 Å². The molecule has 3 rings (SSSR count). The molecule has 0 spiro atoms. The van der Waals surface area contributed by atoms with Crippen LogP contribution in [0, 0.1) is 6.92 Å². The second-order valence-corrected chi connectivity index (χ2v) is 7.88. The molecule has 2 aromatic rings. The molecule has 0 aromatic carbocycles. The van der Waals surface area contributed by atoms with Crippen LogP contribution in [0.3, 0.4) is 0 Å². The largest absolute Gasteiger partial charge is 0.315 e. The summed E-state index contributed by atoms with van der Waals surface area (Å²) in [5, 5.41) is 3.48. The lowest BCUT2D eigenvalue weighted by Gasteiger charge is -2.29. The van der Waals surface area contributed by atoms with Crippen LogP contribution in [0.5, 0.6) is 0 Å². The van der Waals surface area contributed by atoms with Gasteiger partial charge in [-0.2, -0.15) is 0 Å². The highest BCUT2D eigenvalue weighted by Gasteiger charge is 2.25. The zero-order chi connectivity index (χ0) is 14.7. The van der Waals surface area contributed by atoms with Gasteiger partial charge in [0.15, 0.2) is 0 Å². The summed E-state index contributed by atoms with van der Waals surface area (Å²) >= 11 is 5.41. The Labute approximate surface area is 138 Å². The lowest BCUT2D eigenvalue weighted by Crippen LogP contribution is -2.33. The third kappa shape index (κ3) is 3.72. The summed E-state index contributed by atoms with van der Waals surface area (Å²) in [6.45, 7) is 6.40. The van der Waals surface area contributed by atoms with E-state index in [0.717, 1.165) is 37.6 Å². The molecule has 21 heavy (non-hydrogen) atoms. The Balaban J connectivity index is 1.97. The molecule has 0 amide bonds. The molecule has 1 saturated heterocycles. The van der Waals surface area contributed by atoms with Gasteiger partial charge in [-0.3, -0.25) is 9.88 Å². The molecule has 112 valence electrons. The molecular formula is C16H20BrN3S. The van der Waals surface area contributed by atoms with Gasteiger partial charge in [0, 0.05) is 30.2 Å². The highest BCUT2D eigenvalue weighted by molar-refractivity contribution is 9.11. The SMILES string of the molecule is Cc1cccc(C(c2ccc(Br)s2)N2CCCNCC2)n1. The van der Waals surface area contributed by atoms with Crippen molar-refractivity contribution in [3.63, 3.8) is 0 Å². The second kappa shape index (κ2) is 7.01. The molecular weight excluding hydrogens is 346 g/mol. The molecule has 1 aliphatic heterocycles. The maximum atomic E-state index is 4.79. The van der Waals surface area contributed by atoms with E-state index in [9.17, 15) is 0 Å². The minimum Gasteiger partial charge on any atom is -0.315 e. The van der Waals surface area contributed by atoms with Gasteiger partial charge in [-0.25, -0.2) is 0 Å². The normalized spacial score (nSPS) is 18.4. The van der Waals surface area contributed by atoms with Gasteiger partial charge in [0.2, 0.25) is 0 Å². The number of aryl methyl sites for hydroxylation is 1. The van der Waals surface area contributed by atoms with E-state index in [0.29, 0.717) is 0 Å². The van der Waals surface area contributed by atoms with Crippen molar-refractivity contribution in [3.05, 3.63) is 50.4 Å². The number of nitrogens with one attached hydrogen (secondary N) is 1. The number of thiophene rings is 1. The van der Waals surface area contributed by atoms with Crippen molar-refractivity contribution in [1.82, 2.24) is 15.2 Å². The van der Waals surface area contributed by atoms with Gasteiger partial charge in [-0.05, 0) is 60.1 Å². The van der Waals surface area contributed by atoms with E-state index >= 15 is 0 Å². The summed E-state index contributed by atoms with van der Waals surface area (Å²) in [6.07, 6.45) is 1.19. The number of hydrogen-bond donors (Lipinski definition) is 1. The van der Waals surface area contributed by atoms with Crippen molar-refractivity contribution >= 4 is 27.3 Å². The van der Waals surface area contributed by atoms with Crippen molar-refractivity contribution in [1.29, 1.82) is 0 Å². The molecule has 1 atom stereocenters. The third-order valence-electron chi connectivity index (χ3n) is 3.79. The average Bonchev–Trinajstić information content (AvgIpc) is 2.73. The molecule has 0 aliphatic carbocycles. The molecule has 2 aromatic heterocycles. The monoisotopic (exact) mass is 365 g/mol. The van der Waals surface area contributed by atoms with Crippen molar-refractivity contribution < 1.29 is 0 Å². The Bertz CT molecular complexity index is 591. The summed E-state index contributed by atoms with van der Waals surface area (Å²) < 4.78 is 1.18. The number of rotatable bonds is 3. The van der Waals surface area contributed by atoms with Gasteiger partial charge < -0.3 is 5.32 Å². The first-order valence-electron chi connectivity index (χ1n) is 7.37. The minimum absolute atomic E-state index is 0.265. The maximum absolute atomic E-state index is 4.79. The van der Waals surface area contributed by atoms with Gasteiger partial charge in [0.25, 0.3) is 0 Å². The molecule has 1 aliphatic rings. The van der Waals surface area contributed by atoms with Crippen LogP contribution in [0.2, 0.25) is 0 Å². The molecule has 1 unspecified atom stereocenters. The molecule has 0 radical (unpaired) electrons. The average molecular weight is 366 g/mol. The van der Waals surface area contributed by atoms with E-state index in [-0.39, 0.29) is 6.04 Å². The summed E-state index contributed by atoms with van der Waals surface area (Å²) in [4.78, 5) is 8.71. The van der Waals surface area contributed by atoms with E-state index in [1.807, 2.05) is 11.3 Å². The van der Waals surface area contributed by atoms with Crippen LogP contribution in [0.1, 0.15) is 28.7 Å². The molecule has 3 nitrogen and oxygen atoms in total. The number of halogens is 1. The fourth-order valence-electron chi connectivity index (χ4n) is 2.83. The molecule has 0 saturated carbocycles. The fourth-order valence-corrected chi connectivity index (χ4v) is 4.40. The van der Waals surface area contributed by atoms with Crippen molar-refractivity contribution in [2.24, 2.45) is 0 Å². The number of hydrogen-bond acceptors (Lipinski definition) is 4. The zero-order valence-electron chi connectivity index (χ0n) is 12.2. The molecule has 1 fully saturated rings. The van der Waals surface area contributed by atoms with Crippen LogP contribution in [-0.4, -0.2) is 36.1 Å². The van der Waals surface area contributed by atoms with E-state index < -0.39 is 0 Å². The van der Waals surface area contributed by atoms with E-state index in [1.54, 1.807) is 0 Å². The van der Waals surface area contributed by atoms with Gasteiger partial charge in [-0.1, -0.05) is 6.07 Å². The maximum Gasteiger partial charge on any atom is 0.0870 e. The Morgan fingerprint density at radius 2 is 2.14 bits per heavy atom. The minimum atomic E-state index is 0.265. The van der Waals surface area contributed by atoms with Gasteiger partial charge >= 0.3 is 0 Å². The van der Waals surface area contributed by atoms with E-state index in [1.165, 1.54) is 15.1 Å². The topological polar surface area (TPSA) is 28.2 Å². The summed E-state index contributed by atoms with van der Waals surface area (Å²) in [7, 11) is 0. The van der Waals surface area contributed by atoms with Gasteiger partial charge in [0.05, 0.1) is 15.5 Å². The zero-order valence-corrected chi connectivity index (χ0v) is 14.6. The predicted molar refractivity (Wildman–Crippen MR) is 91.9 cm³/mol. The Morgan fingerprint density at radius 1 is 1.24 bits per heavy atom. The molecule has 1 N–H and O–H groups in total. The first-order chi connectivity index (χ1) is 10.2. The Morgan fingerprint density at radius 3 is 2.90 bits per heavy atom. The first kappa shape index (κ1) is 15.2. The predicted octanol–water partition coefficient (Wildman–Crippen LogP) is 3.60. The third-order valence-corrected chi connectivity index (χ3v) is 5.47. The highest BCUT2D eigenvalue weighted by Crippen LogP contribution is 2.34. The molecule has 3 heterocycles. The van der Waals surface area contributed by atoms with Crippen LogP contribution < -0.4 is 5.32 Å². The number of aromatic nitrogens is 1. The molecule has 5 heteroatoms. The van der Waals surface area contributed by atoms with Crippen LogP contribution in [0.4, 0.5) is 0 Å². The number of pyridine rings is 1. The summed E-state index contributed by atoms with van der Waals surface area (Å²) in [5.41, 5.74) is 2.24. The second-order valence-electron chi connectivity index (χ2n) is 5.39. The van der Waals surface area contributed by atoms with Crippen LogP contribution in [0.25, 0.3) is 0 Å². The Hall–Kier alpha value is -0.750. The van der Waals surface area contributed by atoms with Crippen molar-refractivity contribution in [2.45, 2.75) is 19.4 Å². The van der Waals surface area contributed by atoms with Crippen LogP contribution >= 0.6 is 27.3 Å². The molecule has 0 bridgehead atoms. The van der Waals surface area contributed by atoms with Crippen molar-refractivity contribution in [3.8, 4) is 0 Å². The van der Waals surface area contributed by atoms with E-state index in [4.69, 9.17) is 4.98 Å².